The van der Waals surface area contributed by atoms with E-state index in [9.17, 15) is 8.42 Å². The van der Waals surface area contributed by atoms with Gasteiger partial charge in [0.1, 0.15) is 5.84 Å². The summed E-state index contributed by atoms with van der Waals surface area (Å²) in [6.45, 7) is 10.6. The normalized spacial score (nSPS) is 14.5. The van der Waals surface area contributed by atoms with Crippen molar-refractivity contribution in [3.05, 3.63) is 100 Å². The predicted octanol–water partition coefficient (Wildman–Crippen LogP) is 6.43. The fraction of sp³-hybridized carbons (Fsp3) is 0.344. The van der Waals surface area contributed by atoms with Crippen LogP contribution >= 0.6 is 23.2 Å². The molecule has 0 spiro atoms. The Hall–Kier alpha value is -2.88. The summed E-state index contributed by atoms with van der Waals surface area (Å²) < 4.78 is 30.4. The van der Waals surface area contributed by atoms with Crippen molar-refractivity contribution >= 4 is 39.1 Å². The van der Waals surface area contributed by atoms with Crippen molar-refractivity contribution in [2.24, 2.45) is 17.4 Å². The maximum Gasteiger partial charge on any atom is 0.241 e. The third kappa shape index (κ3) is 8.82. The Labute approximate surface area is 260 Å². The Morgan fingerprint density at radius 2 is 1.76 bits per heavy atom. The zero-order valence-corrected chi connectivity index (χ0v) is 26.6. The molecule has 226 valence electrons. The van der Waals surface area contributed by atoms with Gasteiger partial charge in [-0.05, 0) is 79.6 Å². The molecule has 4 rings (SSSR count). The number of nitrogens with one attached hydrogen (secondary N) is 2. The molecule has 1 aliphatic heterocycles. The van der Waals surface area contributed by atoms with Crippen LogP contribution in [-0.2, 0) is 16.4 Å². The molecule has 3 aromatic rings. The number of nitrogens with zero attached hydrogens (tertiary/aromatic N) is 1. The molecule has 1 unspecified atom stereocenters. The number of hydrogen-bond donors (Lipinski definition) is 4. The van der Waals surface area contributed by atoms with Gasteiger partial charge < -0.3 is 16.4 Å². The highest BCUT2D eigenvalue weighted by atomic mass is 35.5. The van der Waals surface area contributed by atoms with Gasteiger partial charge in [-0.25, -0.2) is 13.1 Å². The molecule has 6 N–H and O–H groups in total. The Kier molecular flexibility index (Phi) is 12.4. The molecule has 42 heavy (non-hydrogen) atoms. The van der Waals surface area contributed by atoms with E-state index < -0.39 is 16.1 Å². The molecule has 3 aromatic carbocycles. The Balaban J connectivity index is 0.00000237. The molecule has 1 heterocycles. The molecule has 0 aliphatic carbocycles. The summed E-state index contributed by atoms with van der Waals surface area (Å²) >= 11 is 12.4. The molecule has 0 bridgehead atoms. The van der Waals surface area contributed by atoms with Crippen LogP contribution in [0.3, 0.4) is 0 Å². The number of nitrogen functional groups attached to an aromatic ring is 1. The number of likely N-dealkylation sites (tertiary alicyclic amines) is 1. The van der Waals surface area contributed by atoms with Crippen LogP contribution in [0.5, 0.6) is 0 Å². The second kappa shape index (κ2) is 15.5. The zero-order chi connectivity index (χ0) is 30.9. The number of halogens is 2. The second-order valence-corrected chi connectivity index (χ2v) is 12.7. The Bertz CT molecular complexity index is 1490. The fourth-order valence-electron chi connectivity index (χ4n) is 5.10. The highest BCUT2D eigenvalue weighted by Crippen LogP contribution is 2.32. The van der Waals surface area contributed by atoms with Crippen molar-refractivity contribution in [1.29, 1.82) is 5.41 Å². The van der Waals surface area contributed by atoms with Crippen molar-refractivity contribution in [2.45, 2.75) is 50.5 Å². The first-order chi connectivity index (χ1) is 20.1. The van der Waals surface area contributed by atoms with E-state index in [1.54, 1.807) is 42.5 Å². The summed E-state index contributed by atoms with van der Waals surface area (Å²) in [5.74, 6) is 0.524. The van der Waals surface area contributed by atoms with E-state index in [1.807, 2.05) is 38.1 Å². The van der Waals surface area contributed by atoms with E-state index >= 15 is 0 Å². The lowest BCUT2D eigenvalue weighted by Crippen LogP contribution is -2.45. The Morgan fingerprint density at radius 1 is 1.07 bits per heavy atom. The molecule has 0 saturated carbocycles. The fourth-order valence-corrected chi connectivity index (χ4v) is 6.89. The molecule has 7 nitrogen and oxygen atoms in total. The van der Waals surface area contributed by atoms with Crippen LogP contribution in [0.4, 0.5) is 0 Å². The van der Waals surface area contributed by atoms with Gasteiger partial charge in [0.05, 0.1) is 10.9 Å². The summed E-state index contributed by atoms with van der Waals surface area (Å²) in [5.41, 5.74) is 15.0. The second-order valence-electron chi connectivity index (χ2n) is 10.1. The molecule has 1 atom stereocenters. The topological polar surface area (TPSA) is 125 Å². The Morgan fingerprint density at radius 3 is 2.40 bits per heavy atom. The molecular formula is C32H41Cl2N5O2S. The van der Waals surface area contributed by atoms with E-state index in [0.29, 0.717) is 51.3 Å². The summed E-state index contributed by atoms with van der Waals surface area (Å²) in [5, 5.41) is 8.74. The first-order valence-electron chi connectivity index (χ1n) is 14.2. The lowest BCUT2D eigenvalue weighted by molar-refractivity contribution is 0.209. The van der Waals surface area contributed by atoms with Crippen LogP contribution in [-0.4, -0.2) is 44.8 Å². The summed E-state index contributed by atoms with van der Waals surface area (Å²) in [7, 11) is -3.95. The lowest BCUT2D eigenvalue weighted by atomic mass is 9.92. The minimum absolute atomic E-state index is 0.0440. The maximum absolute atomic E-state index is 13.8. The average Bonchev–Trinajstić information content (AvgIpc) is 2.98. The third-order valence-corrected chi connectivity index (χ3v) is 9.38. The highest BCUT2D eigenvalue weighted by molar-refractivity contribution is 7.89. The maximum atomic E-state index is 13.8. The van der Waals surface area contributed by atoms with E-state index in [2.05, 4.69) is 16.2 Å². The van der Waals surface area contributed by atoms with Crippen LogP contribution in [0.15, 0.2) is 83.9 Å². The molecule has 1 fully saturated rings. The monoisotopic (exact) mass is 629 g/mol. The van der Waals surface area contributed by atoms with Gasteiger partial charge in [0.15, 0.2) is 0 Å². The largest absolute Gasteiger partial charge is 0.384 e. The smallest absolute Gasteiger partial charge is 0.241 e. The summed E-state index contributed by atoms with van der Waals surface area (Å²) in [6, 6.07) is 18.5. The molecule has 0 aromatic heterocycles. The number of sulfonamides is 1. The molecule has 1 saturated heterocycles. The number of rotatable bonds is 11. The van der Waals surface area contributed by atoms with Crippen LogP contribution in [0.1, 0.15) is 44.2 Å². The molecule has 10 heteroatoms. The number of piperidine rings is 1. The van der Waals surface area contributed by atoms with E-state index in [1.165, 1.54) is 0 Å². The minimum Gasteiger partial charge on any atom is -0.384 e. The summed E-state index contributed by atoms with van der Waals surface area (Å²) in [6.07, 6.45) is 3.31. The van der Waals surface area contributed by atoms with Gasteiger partial charge in [-0.1, -0.05) is 80.0 Å². The van der Waals surface area contributed by atoms with Gasteiger partial charge in [-0.2, -0.15) is 0 Å². The number of nitrogens with two attached hydrogens (primary N) is 2. The van der Waals surface area contributed by atoms with E-state index in [0.717, 1.165) is 37.9 Å². The van der Waals surface area contributed by atoms with Crippen LogP contribution in [0.2, 0.25) is 10.0 Å². The average molecular weight is 631 g/mol. The van der Waals surface area contributed by atoms with Crippen molar-refractivity contribution < 1.29 is 8.42 Å². The number of benzene rings is 3. The van der Waals surface area contributed by atoms with Crippen molar-refractivity contribution in [1.82, 2.24) is 9.62 Å². The zero-order valence-electron chi connectivity index (χ0n) is 24.2. The van der Waals surface area contributed by atoms with Gasteiger partial charge in [0, 0.05) is 40.0 Å². The molecule has 0 amide bonds. The van der Waals surface area contributed by atoms with Gasteiger partial charge >= 0.3 is 0 Å². The van der Waals surface area contributed by atoms with Gasteiger partial charge in [0.25, 0.3) is 0 Å². The molecule has 1 aliphatic rings. The van der Waals surface area contributed by atoms with Gasteiger partial charge in [-0.15, -0.1) is 0 Å². The van der Waals surface area contributed by atoms with Crippen molar-refractivity contribution in [3.8, 4) is 11.1 Å². The van der Waals surface area contributed by atoms with Crippen molar-refractivity contribution in [2.75, 3.05) is 19.6 Å². The first-order valence-corrected chi connectivity index (χ1v) is 16.5. The molecular weight excluding hydrogens is 589 g/mol. The number of amidine groups is 1. The van der Waals surface area contributed by atoms with Crippen molar-refractivity contribution in [3.63, 3.8) is 0 Å². The summed E-state index contributed by atoms with van der Waals surface area (Å²) in [4.78, 5) is 2.28. The van der Waals surface area contributed by atoms with Gasteiger partial charge in [-0.3, -0.25) is 5.41 Å². The SMILES string of the molecule is C=C(C(Cc1cccc(C(=N)N)c1)NS(=O)(=O)c1cccc(-c2ccc(Cl)cc2Cl)c1)N1CCC(CCN)CC1.CC. The standard InChI is InChI=1S/C30H35Cl2N5O2S.C2H6/c1-20(37-14-11-21(10-13-33)12-15-37)29(17-22-4-2-6-24(16-22)30(34)35)36-40(38,39)26-7-3-5-23(18-26)27-9-8-25(31)19-28(27)32;1-2/h2-9,16,18-19,21,29,36H,1,10-15,17,33H2,(H3,34,35);1-2H3. The first kappa shape index (κ1) is 33.6. The van der Waals surface area contributed by atoms with Crippen LogP contribution in [0.25, 0.3) is 11.1 Å². The lowest BCUT2D eigenvalue weighted by Gasteiger charge is -2.37. The predicted molar refractivity (Wildman–Crippen MR) is 176 cm³/mol. The number of hydrogen-bond acceptors (Lipinski definition) is 5. The quantitative estimate of drug-likeness (QED) is 0.144. The highest BCUT2D eigenvalue weighted by Gasteiger charge is 2.28. The third-order valence-electron chi connectivity index (χ3n) is 7.36. The van der Waals surface area contributed by atoms with Gasteiger partial charge in [0.2, 0.25) is 10.0 Å². The molecule has 0 radical (unpaired) electrons. The van der Waals surface area contributed by atoms with Crippen LogP contribution in [0, 0.1) is 11.3 Å². The van der Waals surface area contributed by atoms with E-state index in [-0.39, 0.29) is 10.7 Å². The van der Waals surface area contributed by atoms with Crippen LogP contribution < -0.4 is 16.2 Å². The van der Waals surface area contributed by atoms with E-state index in [4.69, 9.17) is 40.1 Å². The minimum atomic E-state index is -3.95.